The summed E-state index contributed by atoms with van der Waals surface area (Å²) in [5.74, 6) is 0. The van der Waals surface area contributed by atoms with Gasteiger partial charge in [-0.2, -0.15) is 0 Å². The van der Waals surface area contributed by atoms with Gasteiger partial charge in [0.2, 0.25) is 0 Å². The Balaban J connectivity index is 2.53. The normalized spacial score (nSPS) is 44.7. The molecule has 0 aliphatic carbocycles. The molecule has 11 heavy (non-hydrogen) atoms. The predicted octanol–water partition coefficient (Wildman–Crippen LogP) is -0.0701. The lowest BCUT2D eigenvalue weighted by Gasteiger charge is -2.10. The topological polar surface area (TPSA) is 47.9 Å². The first-order chi connectivity index (χ1) is 5.20. The second-order valence-corrected chi connectivity index (χ2v) is 2.78. The second-order valence-electron chi connectivity index (χ2n) is 2.28. The van der Waals surface area contributed by atoms with Crippen molar-refractivity contribution < 1.29 is 19.3 Å². The summed E-state index contributed by atoms with van der Waals surface area (Å²) >= 11 is 5.72. The Bertz CT molecular complexity index is 114. The molecule has 1 saturated heterocycles. The molecule has 0 unspecified atom stereocenters. The van der Waals surface area contributed by atoms with Crippen molar-refractivity contribution in [1.29, 1.82) is 0 Å². The van der Waals surface area contributed by atoms with Crippen LogP contribution in [0.1, 0.15) is 0 Å². The van der Waals surface area contributed by atoms with Crippen molar-refractivity contribution in [2.75, 3.05) is 14.2 Å². The quantitative estimate of drug-likeness (QED) is 0.608. The zero-order valence-electron chi connectivity index (χ0n) is 6.36. The highest BCUT2D eigenvalue weighted by molar-refractivity contribution is 6.21. The Morgan fingerprint density at radius 3 is 2.09 bits per heavy atom. The van der Waals surface area contributed by atoms with Crippen LogP contribution in [0.3, 0.4) is 0 Å². The van der Waals surface area contributed by atoms with Gasteiger partial charge < -0.3 is 19.3 Å². The molecule has 0 spiro atoms. The smallest absolute Gasteiger partial charge is 0.187 e. The lowest BCUT2D eigenvalue weighted by Crippen LogP contribution is -2.29. The van der Waals surface area contributed by atoms with Crippen LogP contribution in [0.25, 0.3) is 0 Å². The van der Waals surface area contributed by atoms with Crippen LogP contribution in [0.2, 0.25) is 0 Å². The van der Waals surface area contributed by atoms with Gasteiger partial charge >= 0.3 is 0 Å². The fourth-order valence-electron chi connectivity index (χ4n) is 0.979. The third-order valence-corrected chi connectivity index (χ3v) is 2.06. The molecule has 1 N–H and O–H groups in total. The predicted molar refractivity (Wildman–Crippen MR) is 38.3 cm³/mol. The molecule has 0 radical (unpaired) electrons. The van der Waals surface area contributed by atoms with Crippen molar-refractivity contribution in [3.05, 3.63) is 0 Å². The summed E-state index contributed by atoms with van der Waals surface area (Å²) in [6.07, 6.45) is -2.09. The molecule has 66 valence electrons. The maximum atomic E-state index is 9.30. The summed E-state index contributed by atoms with van der Waals surface area (Å²) < 4.78 is 14.7. The summed E-state index contributed by atoms with van der Waals surface area (Å²) in [6, 6.07) is 0. The van der Waals surface area contributed by atoms with E-state index in [-0.39, 0.29) is 0 Å². The fourth-order valence-corrected chi connectivity index (χ4v) is 1.26. The molecular weight excluding hydrogens is 172 g/mol. The highest BCUT2D eigenvalue weighted by atomic mass is 35.5. The first-order valence-electron chi connectivity index (χ1n) is 3.24. The van der Waals surface area contributed by atoms with Crippen LogP contribution in [0, 0.1) is 0 Å². The van der Waals surface area contributed by atoms with Gasteiger partial charge in [0, 0.05) is 14.2 Å². The average molecular weight is 183 g/mol. The molecule has 0 amide bonds. The fraction of sp³-hybridized carbons (Fsp3) is 1.00. The van der Waals surface area contributed by atoms with E-state index >= 15 is 0 Å². The zero-order valence-corrected chi connectivity index (χ0v) is 7.12. The van der Waals surface area contributed by atoms with Crippen LogP contribution in [0.4, 0.5) is 0 Å². The van der Waals surface area contributed by atoms with Gasteiger partial charge in [0.05, 0.1) is 0 Å². The number of aliphatic hydroxyl groups is 1. The van der Waals surface area contributed by atoms with E-state index in [0.29, 0.717) is 0 Å². The average Bonchev–Trinajstić information content (AvgIpc) is 2.30. The Morgan fingerprint density at radius 1 is 1.27 bits per heavy atom. The number of hydrogen-bond acceptors (Lipinski definition) is 4. The molecule has 1 aliphatic rings. The van der Waals surface area contributed by atoms with Gasteiger partial charge in [-0.1, -0.05) is 0 Å². The van der Waals surface area contributed by atoms with Gasteiger partial charge in [0.1, 0.15) is 11.5 Å². The van der Waals surface area contributed by atoms with Crippen LogP contribution in [-0.2, 0) is 14.2 Å². The molecule has 4 atom stereocenters. The molecule has 0 aromatic rings. The Hall–Kier alpha value is 0.130. The van der Waals surface area contributed by atoms with Gasteiger partial charge in [-0.15, -0.1) is 11.6 Å². The molecule has 0 aromatic heterocycles. The molecule has 1 rings (SSSR count). The van der Waals surface area contributed by atoms with Crippen molar-refractivity contribution in [2.24, 2.45) is 0 Å². The van der Waals surface area contributed by atoms with Crippen LogP contribution >= 0.6 is 11.6 Å². The summed E-state index contributed by atoms with van der Waals surface area (Å²) in [4.78, 5) is 0. The van der Waals surface area contributed by atoms with E-state index in [0.717, 1.165) is 0 Å². The van der Waals surface area contributed by atoms with E-state index in [9.17, 15) is 5.11 Å². The van der Waals surface area contributed by atoms with Gasteiger partial charge in [-0.05, 0) is 0 Å². The number of aliphatic hydroxyl groups excluding tert-OH is 1. The van der Waals surface area contributed by atoms with E-state index in [4.69, 9.17) is 25.8 Å². The largest absolute Gasteiger partial charge is 0.386 e. The number of halogens is 1. The summed E-state index contributed by atoms with van der Waals surface area (Å²) in [5, 5.41) is 8.73. The van der Waals surface area contributed by atoms with Crippen LogP contribution in [0.15, 0.2) is 0 Å². The number of alkyl halides is 1. The van der Waals surface area contributed by atoms with Crippen molar-refractivity contribution in [1.82, 2.24) is 0 Å². The standard InChI is InChI=1S/C6H11ClO4/c1-9-5-3(7)4(8)6(10-2)11-5/h3-6,8H,1-2H3/t3-,4-,5+,6+/m0/s1. The van der Waals surface area contributed by atoms with Crippen molar-refractivity contribution in [3.8, 4) is 0 Å². The Kier molecular flexibility index (Phi) is 3.09. The highest BCUT2D eigenvalue weighted by Crippen LogP contribution is 2.26. The maximum absolute atomic E-state index is 9.30. The lowest BCUT2D eigenvalue weighted by atomic mass is 10.3. The minimum absolute atomic E-state index is 0.565. The summed E-state index contributed by atoms with van der Waals surface area (Å²) in [5.41, 5.74) is 0. The third-order valence-electron chi connectivity index (χ3n) is 1.60. The van der Waals surface area contributed by atoms with Crippen molar-refractivity contribution in [3.63, 3.8) is 0 Å². The van der Waals surface area contributed by atoms with Crippen molar-refractivity contribution >= 4 is 11.6 Å². The van der Waals surface area contributed by atoms with E-state index < -0.39 is 24.1 Å². The summed E-state index contributed by atoms with van der Waals surface area (Å²) in [7, 11) is 2.90. The van der Waals surface area contributed by atoms with E-state index in [1.54, 1.807) is 0 Å². The lowest BCUT2D eigenvalue weighted by molar-refractivity contribution is -0.199. The molecule has 0 aromatic carbocycles. The molecule has 1 fully saturated rings. The van der Waals surface area contributed by atoms with Gasteiger partial charge in [0.25, 0.3) is 0 Å². The summed E-state index contributed by atoms with van der Waals surface area (Å²) in [6.45, 7) is 0. The minimum Gasteiger partial charge on any atom is -0.386 e. The van der Waals surface area contributed by atoms with E-state index in [1.165, 1.54) is 14.2 Å². The molecule has 0 saturated carbocycles. The van der Waals surface area contributed by atoms with Gasteiger partial charge in [0.15, 0.2) is 12.6 Å². The molecule has 1 aliphatic heterocycles. The molecular formula is C6H11ClO4. The molecule has 1 heterocycles. The first kappa shape index (κ1) is 9.22. The highest BCUT2D eigenvalue weighted by Gasteiger charge is 2.43. The SMILES string of the molecule is CO[C@@H]1O[C@@H](OC)[C@@H](Cl)[C@@H]1O. The van der Waals surface area contributed by atoms with Gasteiger partial charge in [-0.25, -0.2) is 0 Å². The molecule has 5 heteroatoms. The number of rotatable bonds is 2. The minimum atomic E-state index is -0.827. The number of ether oxygens (including phenoxy) is 3. The monoisotopic (exact) mass is 182 g/mol. The Morgan fingerprint density at radius 2 is 1.82 bits per heavy atom. The molecule has 0 bridgehead atoms. The van der Waals surface area contributed by atoms with Crippen LogP contribution < -0.4 is 0 Å². The van der Waals surface area contributed by atoms with Crippen LogP contribution in [0.5, 0.6) is 0 Å². The second kappa shape index (κ2) is 3.69. The number of methoxy groups -OCH3 is 2. The van der Waals surface area contributed by atoms with Crippen LogP contribution in [-0.4, -0.2) is 43.4 Å². The third kappa shape index (κ3) is 1.65. The van der Waals surface area contributed by atoms with E-state index in [1.807, 2.05) is 0 Å². The molecule has 4 nitrogen and oxygen atoms in total. The Labute approximate surface area is 70.0 Å². The van der Waals surface area contributed by atoms with E-state index in [2.05, 4.69) is 0 Å². The van der Waals surface area contributed by atoms with Gasteiger partial charge in [-0.3, -0.25) is 0 Å². The first-order valence-corrected chi connectivity index (χ1v) is 3.67. The maximum Gasteiger partial charge on any atom is 0.187 e. The van der Waals surface area contributed by atoms with Crippen molar-refractivity contribution in [2.45, 2.75) is 24.1 Å². The number of hydrogen-bond donors (Lipinski definition) is 1. The zero-order chi connectivity index (χ0) is 8.43.